The Hall–Kier alpha value is -3.13. The maximum atomic E-state index is 13.3. The lowest BCUT2D eigenvalue weighted by molar-refractivity contribution is -0.138. The van der Waals surface area contributed by atoms with Crippen molar-refractivity contribution < 1.29 is 18.0 Å². The monoisotopic (exact) mass is 453 g/mol. The average Bonchev–Trinajstić information content (AvgIpc) is 3.15. The molecule has 8 heteroatoms. The molecule has 0 spiro atoms. The number of hydrogen-bond acceptors (Lipinski definition) is 4. The summed E-state index contributed by atoms with van der Waals surface area (Å²) in [4.78, 5) is 28.2. The van der Waals surface area contributed by atoms with Crippen LogP contribution in [0.2, 0.25) is 0 Å². The molecule has 0 bridgehead atoms. The van der Waals surface area contributed by atoms with Gasteiger partial charge in [-0.15, -0.1) is 0 Å². The zero-order valence-corrected chi connectivity index (χ0v) is 19.1. The second-order valence-corrected chi connectivity index (χ2v) is 10.2. The van der Waals surface area contributed by atoms with E-state index in [-0.39, 0.29) is 29.0 Å². The first-order chi connectivity index (χ1) is 15.3. The van der Waals surface area contributed by atoms with E-state index in [9.17, 15) is 18.0 Å². The van der Waals surface area contributed by atoms with E-state index >= 15 is 0 Å². The second-order valence-electron chi connectivity index (χ2n) is 8.21. The molecule has 0 unspecified atom stereocenters. The molecule has 32 heavy (non-hydrogen) atoms. The molecule has 0 N–H and O–H groups in total. The molecule has 1 fully saturated rings. The van der Waals surface area contributed by atoms with E-state index in [1.807, 2.05) is 49.4 Å². The number of aromatic nitrogens is 1. The van der Waals surface area contributed by atoms with Gasteiger partial charge < -0.3 is 14.4 Å². The number of piperazine rings is 1. The topological polar surface area (TPSA) is 79.7 Å². The first-order valence-corrected chi connectivity index (χ1v) is 12.3. The first kappa shape index (κ1) is 22.1. The Balaban J connectivity index is 1.60. The lowest BCUT2D eigenvalue weighted by atomic mass is 10.1. The highest BCUT2D eigenvalue weighted by molar-refractivity contribution is 7.90. The number of amides is 2. The normalized spacial score (nSPS) is 14.7. The minimum absolute atomic E-state index is 0.0111. The summed E-state index contributed by atoms with van der Waals surface area (Å²) < 4.78 is 28.4. The molecule has 1 aliphatic rings. The van der Waals surface area contributed by atoms with Crippen LogP contribution in [-0.2, 0) is 31.7 Å². The number of fused-ring (bicyclic) bond motifs is 1. The van der Waals surface area contributed by atoms with Crippen LogP contribution >= 0.6 is 0 Å². The van der Waals surface area contributed by atoms with Crippen molar-refractivity contribution in [2.45, 2.75) is 31.0 Å². The molecule has 1 saturated heterocycles. The molecule has 1 aliphatic heterocycles. The molecule has 168 valence electrons. The third-order valence-electron chi connectivity index (χ3n) is 6.08. The van der Waals surface area contributed by atoms with Gasteiger partial charge >= 0.3 is 0 Å². The van der Waals surface area contributed by atoms with Gasteiger partial charge in [0.1, 0.15) is 6.54 Å². The lowest BCUT2D eigenvalue weighted by Gasteiger charge is -2.34. The predicted octanol–water partition coefficient (Wildman–Crippen LogP) is 2.61. The van der Waals surface area contributed by atoms with Crippen LogP contribution in [0.1, 0.15) is 18.1 Å². The van der Waals surface area contributed by atoms with Crippen molar-refractivity contribution in [2.24, 2.45) is 0 Å². The fourth-order valence-electron chi connectivity index (χ4n) is 4.16. The molecule has 4 rings (SSSR count). The Kier molecular flexibility index (Phi) is 6.06. The van der Waals surface area contributed by atoms with E-state index < -0.39 is 9.84 Å². The maximum absolute atomic E-state index is 13.3. The fourth-order valence-corrected chi connectivity index (χ4v) is 5.85. The van der Waals surface area contributed by atoms with E-state index in [0.29, 0.717) is 37.1 Å². The van der Waals surface area contributed by atoms with Crippen LogP contribution in [0.15, 0.2) is 59.6 Å². The summed E-state index contributed by atoms with van der Waals surface area (Å²) in [6, 6.07) is 14.7. The van der Waals surface area contributed by atoms with Gasteiger partial charge in [0.2, 0.25) is 11.8 Å². The Morgan fingerprint density at radius 3 is 2.22 bits per heavy atom. The zero-order valence-electron chi connectivity index (χ0n) is 18.3. The van der Waals surface area contributed by atoms with Gasteiger partial charge in [0.25, 0.3) is 0 Å². The molecule has 0 radical (unpaired) electrons. The largest absolute Gasteiger partial charge is 0.339 e. The molecular weight excluding hydrogens is 426 g/mol. The molecule has 1 aromatic heterocycles. The van der Waals surface area contributed by atoms with Crippen LogP contribution in [0, 0.1) is 6.92 Å². The second kappa shape index (κ2) is 8.78. The van der Waals surface area contributed by atoms with Gasteiger partial charge in [0.05, 0.1) is 10.6 Å². The van der Waals surface area contributed by atoms with Gasteiger partial charge in [0, 0.05) is 50.2 Å². The number of sulfone groups is 1. The maximum Gasteiger partial charge on any atom is 0.242 e. The Labute approximate surface area is 188 Å². The number of aryl methyl sites for hydroxylation is 1. The minimum Gasteiger partial charge on any atom is -0.339 e. The third kappa shape index (κ3) is 4.41. The number of hydrogen-bond donors (Lipinski definition) is 0. The van der Waals surface area contributed by atoms with Gasteiger partial charge in [-0.05, 0) is 24.1 Å². The zero-order chi connectivity index (χ0) is 22.9. The molecule has 3 aromatic rings. The van der Waals surface area contributed by atoms with E-state index in [1.165, 1.54) is 6.92 Å². The van der Waals surface area contributed by atoms with Crippen LogP contribution in [-0.4, -0.2) is 60.8 Å². The number of rotatable bonds is 5. The summed E-state index contributed by atoms with van der Waals surface area (Å²) >= 11 is 0. The van der Waals surface area contributed by atoms with Gasteiger partial charge in [-0.25, -0.2) is 8.42 Å². The fraction of sp³-hybridized carbons (Fsp3) is 0.333. The Morgan fingerprint density at radius 1 is 0.906 bits per heavy atom. The van der Waals surface area contributed by atoms with Gasteiger partial charge in [-0.1, -0.05) is 42.5 Å². The first-order valence-electron chi connectivity index (χ1n) is 10.6. The summed E-state index contributed by atoms with van der Waals surface area (Å²) in [6.07, 6.45) is 1.59. The van der Waals surface area contributed by atoms with Crippen molar-refractivity contribution in [3.63, 3.8) is 0 Å². The molecule has 0 aliphatic carbocycles. The third-order valence-corrected chi connectivity index (χ3v) is 7.76. The molecular formula is C24H27N3O4S. The molecule has 2 heterocycles. The lowest BCUT2D eigenvalue weighted by Crippen LogP contribution is -2.50. The number of carbonyl (C=O) groups is 2. The van der Waals surface area contributed by atoms with Crippen molar-refractivity contribution in [2.75, 3.05) is 26.2 Å². The summed E-state index contributed by atoms with van der Waals surface area (Å²) in [5.41, 5.74) is 2.41. The van der Waals surface area contributed by atoms with Crippen molar-refractivity contribution in [1.29, 1.82) is 0 Å². The quantitative estimate of drug-likeness (QED) is 0.595. The minimum atomic E-state index is -3.61. The molecule has 0 saturated carbocycles. The van der Waals surface area contributed by atoms with Crippen molar-refractivity contribution >= 4 is 32.6 Å². The van der Waals surface area contributed by atoms with Crippen molar-refractivity contribution in [3.05, 3.63) is 65.9 Å². The van der Waals surface area contributed by atoms with Crippen molar-refractivity contribution in [3.8, 4) is 0 Å². The highest BCUT2D eigenvalue weighted by atomic mass is 32.2. The highest BCUT2D eigenvalue weighted by Gasteiger charge is 2.25. The number of carbonyl (C=O) groups excluding carboxylic acids is 2. The van der Waals surface area contributed by atoms with Crippen LogP contribution in [0.25, 0.3) is 10.9 Å². The summed E-state index contributed by atoms with van der Waals surface area (Å²) in [5, 5.41) is 0.621. The predicted molar refractivity (Wildman–Crippen MR) is 123 cm³/mol. The Bertz CT molecular complexity index is 1270. The summed E-state index contributed by atoms with van der Waals surface area (Å²) in [5.74, 6) is -0.164. The molecule has 7 nitrogen and oxygen atoms in total. The van der Waals surface area contributed by atoms with Crippen molar-refractivity contribution in [1.82, 2.24) is 14.4 Å². The number of benzene rings is 2. The van der Waals surface area contributed by atoms with E-state index in [1.54, 1.807) is 26.6 Å². The van der Waals surface area contributed by atoms with E-state index in [0.717, 1.165) is 11.1 Å². The SMILES string of the molecule is CC(=O)N1CCN(C(=O)Cn2cc(S(=O)(=O)Cc3ccccc3C)c3ccccc32)CC1. The summed E-state index contributed by atoms with van der Waals surface area (Å²) in [6.45, 7) is 5.49. The summed E-state index contributed by atoms with van der Waals surface area (Å²) in [7, 11) is -3.61. The van der Waals surface area contributed by atoms with Gasteiger partial charge in [-0.3, -0.25) is 9.59 Å². The molecule has 0 atom stereocenters. The molecule has 2 amide bonds. The van der Waals surface area contributed by atoms with Crippen LogP contribution in [0.3, 0.4) is 0 Å². The average molecular weight is 454 g/mol. The van der Waals surface area contributed by atoms with Crippen LogP contribution in [0.5, 0.6) is 0 Å². The van der Waals surface area contributed by atoms with E-state index in [2.05, 4.69) is 0 Å². The highest BCUT2D eigenvalue weighted by Crippen LogP contribution is 2.29. The molecule has 2 aromatic carbocycles. The van der Waals surface area contributed by atoms with Crippen LogP contribution < -0.4 is 0 Å². The number of nitrogens with zero attached hydrogens (tertiary/aromatic N) is 3. The van der Waals surface area contributed by atoms with E-state index in [4.69, 9.17) is 0 Å². The van der Waals surface area contributed by atoms with Gasteiger partial charge in [-0.2, -0.15) is 0 Å². The Morgan fingerprint density at radius 2 is 1.53 bits per heavy atom. The van der Waals surface area contributed by atoms with Crippen LogP contribution in [0.4, 0.5) is 0 Å². The standard InChI is InChI=1S/C24H27N3O4S/c1-18-7-3-4-8-20(18)17-32(30,31)23-15-27(22-10-6-5-9-21(22)23)16-24(29)26-13-11-25(12-14-26)19(2)28/h3-10,15H,11-14,16-17H2,1-2H3. The number of para-hydroxylation sites is 1. The van der Waals surface area contributed by atoms with Gasteiger partial charge in [0.15, 0.2) is 9.84 Å². The smallest absolute Gasteiger partial charge is 0.242 e.